The van der Waals surface area contributed by atoms with Crippen molar-refractivity contribution < 1.29 is 4.79 Å². The average Bonchev–Trinajstić information content (AvgIpc) is 2.23. The minimum Gasteiger partial charge on any atom is -0.320 e. The van der Waals surface area contributed by atoms with Crippen LogP contribution in [0, 0.1) is 6.92 Å². The Hall–Kier alpha value is -0.940. The van der Waals surface area contributed by atoms with Crippen molar-refractivity contribution in [2.75, 3.05) is 18.9 Å². The molecule has 16 heavy (non-hydrogen) atoms. The Morgan fingerprint density at radius 3 is 2.94 bits per heavy atom. The van der Waals surface area contributed by atoms with Gasteiger partial charge in [0.25, 0.3) is 0 Å². The van der Waals surface area contributed by atoms with Gasteiger partial charge in [-0.25, -0.2) is 4.98 Å². The zero-order chi connectivity index (χ0) is 12.0. The van der Waals surface area contributed by atoms with Crippen LogP contribution >= 0.6 is 15.9 Å². The number of nitrogens with one attached hydrogen (secondary N) is 2. The van der Waals surface area contributed by atoms with E-state index in [1.54, 1.807) is 6.20 Å². The number of aryl methyl sites for hydroxylation is 1. The van der Waals surface area contributed by atoms with Crippen LogP contribution < -0.4 is 10.6 Å². The van der Waals surface area contributed by atoms with Gasteiger partial charge in [-0.1, -0.05) is 0 Å². The maximum atomic E-state index is 11.5. The predicted molar refractivity (Wildman–Crippen MR) is 68.5 cm³/mol. The quantitative estimate of drug-likeness (QED) is 0.815. The highest BCUT2D eigenvalue weighted by Gasteiger charge is 2.05. The molecule has 0 aliphatic heterocycles. The number of pyridine rings is 1. The molecule has 0 aliphatic rings. The van der Waals surface area contributed by atoms with Crippen LogP contribution in [0.5, 0.6) is 0 Å². The van der Waals surface area contributed by atoms with Crippen LogP contribution in [-0.4, -0.2) is 24.5 Å². The van der Waals surface area contributed by atoms with Crippen LogP contribution in [0.2, 0.25) is 0 Å². The molecule has 0 saturated heterocycles. The van der Waals surface area contributed by atoms with Gasteiger partial charge >= 0.3 is 0 Å². The van der Waals surface area contributed by atoms with Crippen LogP contribution in [0.4, 0.5) is 5.82 Å². The molecule has 4 nitrogen and oxygen atoms in total. The first kappa shape index (κ1) is 13.1. The van der Waals surface area contributed by atoms with Gasteiger partial charge < -0.3 is 10.6 Å². The highest BCUT2D eigenvalue weighted by atomic mass is 79.9. The average molecular weight is 286 g/mol. The summed E-state index contributed by atoms with van der Waals surface area (Å²) >= 11 is 3.33. The van der Waals surface area contributed by atoms with E-state index in [-0.39, 0.29) is 5.91 Å². The molecule has 0 spiro atoms. The fourth-order valence-corrected chi connectivity index (χ4v) is 1.74. The Balaban J connectivity index is 2.49. The van der Waals surface area contributed by atoms with E-state index >= 15 is 0 Å². The molecule has 2 N–H and O–H groups in total. The Morgan fingerprint density at radius 2 is 2.31 bits per heavy atom. The topological polar surface area (TPSA) is 54.0 Å². The number of carbonyl (C=O) groups excluding carboxylic acids is 1. The Morgan fingerprint density at radius 1 is 1.56 bits per heavy atom. The molecular weight excluding hydrogens is 270 g/mol. The number of nitrogens with zero attached hydrogens (tertiary/aromatic N) is 1. The SMILES string of the molecule is CNCCCC(=O)Nc1ncc(Br)cc1C. The summed E-state index contributed by atoms with van der Waals surface area (Å²) in [4.78, 5) is 15.7. The van der Waals surface area contributed by atoms with Gasteiger partial charge in [0.15, 0.2) is 0 Å². The Bertz CT molecular complexity index is 368. The number of amides is 1. The molecule has 0 bridgehead atoms. The summed E-state index contributed by atoms with van der Waals surface area (Å²) in [7, 11) is 1.87. The lowest BCUT2D eigenvalue weighted by Crippen LogP contribution is -2.16. The van der Waals surface area contributed by atoms with Gasteiger partial charge in [0.2, 0.25) is 5.91 Å². The molecule has 5 heteroatoms. The molecule has 0 aromatic carbocycles. The molecule has 1 aromatic rings. The molecule has 0 atom stereocenters. The van der Waals surface area contributed by atoms with E-state index in [1.165, 1.54) is 0 Å². The first-order valence-corrected chi connectivity index (χ1v) is 5.99. The largest absolute Gasteiger partial charge is 0.320 e. The summed E-state index contributed by atoms with van der Waals surface area (Å²) in [5.41, 5.74) is 0.955. The standard InChI is InChI=1S/C11H16BrN3O/c1-8-6-9(12)7-14-11(8)15-10(16)4-3-5-13-2/h6-7,13H,3-5H2,1-2H3,(H,14,15,16). The van der Waals surface area contributed by atoms with Gasteiger partial charge in [-0.05, 0) is 54.5 Å². The smallest absolute Gasteiger partial charge is 0.225 e. The highest BCUT2D eigenvalue weighted by Crippen LogP contribution is 2.16. The molecule has 1 heterocycles. The van der Waals surface area contributed by atoms with E-state index in [0.717, 1.165) is 23.0 Å². The predicted octanol–water partition coefficient (Wildman–Crippen LogP) is 2.09. The third-order valence-electron chi connectivity index (χ3n) is 2.13. The number of aromatic nitrogens is 1. The second-order valence-corrected chi connectivity index (χ2v) is 4.49. The first-order chi connectivity index (χ1) is 7.63. The third-order valence-corrected chi connectivity index (χ3v) is 2.57. The van der Waals surface area contributed by atoms with E-state index in [2.05, 4.69) is 31.5 Å². The molecule has 1 amide bonds. The summed E-state index contributed by atoms with van der Waals surface area (Å²) in [5, 5.41) is 5.80. The first-order valence-electron chi connectivity index (χ1n) is 5.20. The lowest BCUT2D eigenvalue weighted by Gasteiger charge is -2.07. The van der Waals surface area contributed by atoms with E-state index in [0.29, 0.717) is 12.2 Å². The lowest BCUT2D eigenvalue weighted by atomic mass is 10.2. The zero-order valence-corrected chi connectivity index (χ0v) is 11.1. The summed E-state index contributed by atoms with van der Waals surface area (Å²) in [6.07, 6.45) is 3.02. The second-order valence-electron chi connectivity index (χ2n) is 3.57. The van der Waals surface area contributed by atoms with Gasteiger partial charge in [-0.2, -0.15) is 0 Å². The van der Waals surface area contributed by atoms with Crippen LogP contribution in [0.25, 0.3) is 0 Å². The van der Waals surface area contributed by atoms with Crippen LogP contribution in [0.3, 0.4) is 0 Å². The van der Waals surface area contributed by atoms with Crippen molar-refractivity contribution in [1.82, 2.24) is 10.3 Å². The number of hydrogen-bond donors (Lipinski definition) is 2. The number of halogens is 1. The number of rotatable bonds is 5. The van der Waals surface area contributed by atoms with Crippen molar-refractivity contribution in [3.8, 4) is 0 Å². The molecule has 0 radical (unpaired) electrons. The van der Waals surface area contributed by atoms with Crippen molar-refractivity contribution in [3.05, 3.63) is 22.3 Å². The van der Waals surface area contributed by atoms with Crippen molar-refractivity contribution >= 4 is 27.7 Å². The minimum absolute atomic E-state index is 0.00757. The van der Waals surface area contributed by atoms with Crippen molar-refractivity contribution in [2.45, 2.75) is 19.8 Å². The van der Waals surface area contributed by atoms with Crippen LogP contribution in [0.15, 0.2) is 16.7 Å². The van der Waals surface area contributed by atoms with Crippen LogP contribution in [0.1, 0.15) is 18.4 Å². The summed E-state index contributed by atoms with van der Waals surface area (Å²) in [5.74, 6) is 0.644. The molecule has 0 fully saturated rings. The number of hydrogen-bond acceptors (Lipinski definition) is 3. The molecule has 0 unspecified atom stereocenters. The fraction of sp³-hybridized carbons (Fsp3) is 0.455. The lowest BCUT2D eigenvalue weighted by molar-refractivity contribution is -0.116. The maximum Gasteiger partial charge on any atom is 0.225 e. The number of carbonyl (C=O) groups is 1. The van der Waals surface area contributed by atoms with Gasteiger partial charge in [0.1, 0.15) is 5.82 Å². The summed E-state index contributed by atoms with van der Waals surface area (Å²) in [6.45, 7) is 2.77. The van der Waals surface area contributed by atoms with Gasteiger partial charge in [-0.3, -0.25) is 4.79 Å². The molecule has 1 rings (SSSR count). The van der Waals surface area contributed by atoms with Crippen molar-refractivity contribution in [1.29, 1.82) is 0 Å². The minimum atomic E-state index is 0.00757. The summed E-state index contributed by atoms with van der Waals surface area (Å²) in [6, 6.07) is 1.93. The monoisotopic (exact) mass is 285 g/mol. The molecule has 0 aliphatic carbocycles. The molecular formula is C11H16BrN3O. The second kappa shape index (κ2) is 6.60. The normalized spacial score (nSPS) is 10.2. The molecule has 1 aromatic heterocycles. The van der Waals surface area contributed by atoms with E-state index in [9.17, 15) is 4.79 Å². The van der Waals surface area contributed by atoms with Gasteiger partial charge in [-0.15, -0.1) is 0 Å². The fourth-order valence-electron chi connectivity index (χ4n) is 1.29. The van der Waals surface area contributed by atoms with Crippen LogP contribution in [-0.2, 0) is 4.79 Å². The summed E-state index contributed by atoms with van der Waals surface area (Å²) < 4.78 is 0.915. The highest BCUT2D eigenvalue weighted by molar-refractivity contribution is 9.10. The Labute approximate surface area is 104 Å². The van der Waals surface area contributed by atoms with E-state index < -0.39 is 0 Å². The number of anilines is 1. The molecule has 88 valence electrons. The third kappa shape index (κ3) is 4.28. The van der Waals surface area contributed by atoms with E-state index in [1.807, 2.05) is 20.0 Å². The van der Waals surface area contributed by atoms with Gasteiger partial charge in [0, 0.05) is 17.1 Å². The molecule has 0 saturated carbocycles. The maximum absolute atomic E-state index is 11.5. The van der Waals surface area contributed by atoms with Crippen molar-refractivity contribution in [2.24, 2.45) is 0 Å². The Kier molecular flexibility index (Phi) is 5.42. The van der Waals surface area contributed by atoms with Crippen molar-refractivity contribution in [3.63, 3.8) is 0 Å². The van der Waals surface area contributed by atoms with E-state index in [4.69, 9.17) is 0 Å². The zero-order valence-electron chi connectivity index (χ0n) is 9.51. The van der Waals surface area contributed by atoms with Gasteiger partial charge in [0.05, 0.1) is 0 Å².